The highest BCUT2D eigenvalue weighted by Gasteiger charge is 2.06. The van der Waals surface area contributed by atoms with Gasteiger partial charge >= 0.3 is 0 Å². The Labute approximate surface area is 92.8 Å². The minimum Gasteiger partial charge on any atom is -0.356 e. The molecule has 0 aliphatic heterocycles. The first-order valence-corrected chi connectivity index (χ1v) is 5.15. The first-order chi connectivity index (χ1) is 6.69. The van der Waals surface area contributed by atoms with Crippen LogP contribution in [0.25, 0.3) is 0 Å². The molecule has 14 heavy (non-hydrogen) atoms. The number of likely N-dealkylation sites (N-methyl/N-ethyl adjacent to an activating group) is 1. The van der Waals surface area contributed by atoms with E-state index in [2.05, 4.69) is 27.5 Å². The molecule has 0 amide bonds. The topological polar surface area (TPSA) is 42.2 Å². The van der Waals surface area contributed by atoms with Crippen molar-refractivity contribution >= 4 is 21.7 Å². The van der Waals surface area contributed by atoms with Crippen molar-refractivity contribution in [1.82, 2.24) is 4.98 Å². The SMILES string of the molecule is C=CCN(C)c1ncc(Br)cc1CN. The van der Waals surface area contributed by atoms with Crippen LogP contribution in [0.3, 0.4) is 0 Å². The summed E-state index contributed by atoms with van der Waals surface area (Å²) < 4.78 is 0.953. The van der Waals surface area contributed by atoms with Crippen LogP contribution in [0.15, 0.2) is 29.4 Å². The van der Waals surface area contributed by atoms with Crippen LogP contribution in [0, 0.1) is 0 Å². The molecule has 0 fully saturated rings. The quantitative estimate of drug-likeness (QED) is 0.837. The molecule has 1 aromatic rings. The standard InChI is InChI=1S/C10H14BrN3/c1-3-4-14(2)10-8(6-12)5-9(11)7-13-10/h3,5,7H,1,4,6,12H2,2H3. The molecule has 3 nitrogen and oxygen atoms in total. The number of nitrogens with two attached hydrogens (primary N) is 1. The van der Waals surface area contributed by atoms with E-state index in [4.69, 9.17) is 5.73 Å². The van der Waals surface area contributed by atoms with E-state index in [-0.39, 0.29) is 0 Å². The van der Waals surface area contributed by atoms with Crippen molar-refractivity contribution in [1.29, 1.82) is 0 Å². The van der Waals surface area contributed by atoms with Crippen molar-refractivity contribution in [3.63, 3.8) is 0 Å². The lowest BCUT2D eigenvalue weighted by atomic mass is 10.2. The van der Waals surface area contributed by atoms with Crippen LogP contribution in [-0.2, 0) is 6.54 Å². The maximum atomic E-state index is 5.64. The Bertz CT molecular complexity index is 325. The normalized spacial score (nSPS) is 9.93. The largest absolute Gasteiger partial charge is 0.356 e. The molecular weight excluding hydrogens is 242 g/mol. The Kier molecular flexibility index (Phi) is 4.10. The van der Waals surface area contributed by atoms with Gasteiger partial charge in [0.25, 0.3) is 0 Å². The highest BCUT2D eigenvalue weighted by Crippen LogP contribution is 2.19. The zero-order valence-corrected chi connectivity index (χ0v) is 9.79. The van der Waals surface area contributed by atoms with Crippen molar-refractivity contribution in [2.75, 3.05) is 18.5 Å². The highest BCUT2D eigenvalue weighted by atomic mass is 79.9. The smallest absolute Gasteiger partial charge is 0.133 e. The van der Waals surface area contributed by atoms with E-state index < -0.39 is 0 Å². The fourth-order valence-corrected chi connectivity index (χ4v) is 1.63. The van der Waals surface area contributed by atoms with Gasteiger partial charge in [-0.05, 0) is 22.0 Å². The Morgan fingerprint density at radius 2 is 2.43 bits per heavy atom. The van der Waals surface area contributed by atoms with Crippen LogP contribution in [0.2, 0.25) is 0 Å². The van der Waals surface area contributed by atoms with Gasteiger partial charge in [-0.2, -0.15) is 0 Å². The number of hydrogen-bond acceptors (Lipinski definition) is 3. The predicted molar refractivity (Wildman–Crippen MR) is 63.3 cm³/mol. The summed E-state index contributed by atoms with van der Waals surface area (Å²) in [4.78, 5) is 6.33. The zero-order chi connectivity index (χ0) is 10.6. The van der Waals surface area contributed by atoms with Crippen molar-refractivity contribution in [3.05, 3.63) is 35.0 Å². The third-order valence-electron chi connectivity index (χ3n) is 1.89. The van der Waals surface area contributed by atoms with Gasteiger partial charge in [0.05, 0.1) is 0 Å². The van der Waals surface area contributed by atoms with E-state index in [9.17, 15) is 0 Å². The summed E-state index contributed by atoms with van der Waals surface area (Å²) in [6, 6.07) is 1.99. The van der Waals surface area contributed by atoms with Crippen molar-refractivity contribution in [2.24, 2.45) is 5.73 Å². The number of pyridine rings is 1. The number of rotatable bonds is 4. The van der Waals surface area contributed by atoms with Crippen LogP contribution >= 0.6 is 15.9 Å². The summed E-state index contributed by atoms with van der Waals surface area (Å²) >= 11 is 3.37. The molecule has 4 heteroatoms. The molecule has 0 aliphatic rings. The van der Waals surface area contributed by atoms with E-state index in [0.29, 0.717) is 6.54 Å². The summed E-state index contributed by atoms with van der Waals surface area (Å²) in [5, 5.41) is 0. The van der Waals surface area contributed by atoms with Crippen LogP contribution in [0.1, 0.15) is 5.56 Å². The van der Waals surface area contributed by atoms with Gasteiger partial charge in [0.15, 0.2) is 0 Å². The van der Waals surface area contributed by atoms with Gasteiger partial charge in [-0.1, -0.05) is 6.08 Å². The van der Waals surface area contributed by atoms with E-state index in [1.807, 2.05) is 24.1 Å². The number of nitrogens with zero attached hydrogens (tertiary/aromatic N) is 2. The van der Waals surface area contributed by atoms with Crippen molar-refractivity contribution in [2.45, 2.75) is 6.54 Å². The number of aromatic nitrogens is 1. The molecule has 1 rings (SSSR count). The summed E-state index contributed by atoms with van der Waals surface area (Å²) in [5.41, 5.74) is 6.67. The molecule has 0 radical (unpaired) electrons. The monoisotopic (exact) mass is 255 g/mol. The summed E-state index contributed by atoms with van der Waals surface area (Å²) in [5.74, 6) is 0.913. The second kappa shape index (κ2) is 5.12. The number of anilines is 1. The average molecular weight is 256 g/mol. The summed E-state index contributed by atoms with van der Waals surface area (Å²) in [6.45, 7) is 4.94. The Hall–Kier alpha value is -0.870. The molecule has 76 valence electrons. The van der Waals surface area contributed by atoms with Crippen LogP contribution in [0.4, 0.5) is 5.82 Å². The first kappa shape index (κ1) is 11.2. The Morgan fingerprint density at radius 1 is 1.71 bits per heavy atom. The molecule has 1 heterocycles. The highest BCUT2D eigenvalue weighted by molar-refractivity contribution is 9.10. The molecule has 1 aromatic heterocycles. The molecule has 0 bridgehead atoms. The lowest BCUT2D eigenvalue weighted by molar-refractivity contribution is 0.943. The molecule has 0 spiro atoms. The summed E-state index contributed by atoms with van der Waals surface area (Å²) in [6.07, 6.45) is 3.61. The fourth-order valence-electron chi connectivity index (χ4n) is 1.25. The lowest BCUT2D eigenvalue weighted by Crippen LogP contribution is -2.20. The Balaban J connectivity index is 3.00. The molecule has 0 atom stereocenters. The lowest BCUT2D eigenvalue weighted by Gasteiger charge is -2.18. The van der Waals surface area contributed by atoms with Crippen LogP contribution in [-0.4, -0.2) is 18.6 Å². The van der Waals surface area contributed by atoms with Gasteiger partial charge < -0.3 is 10.6 Å². The van der Waals surface area contributed by atoms with Crippen molar-refractivity contribution in [3.8, 4) is 0 Å². The number of halogens is 1. The second-order valence-corrected chi connectivity index (χ2v) is 3.93. The molecule has 0 aromatic carbocycles. The minimum atomic E-state index is 0.489. The van der Waals surface area contributed by atoms with Gasteiger partial charge in [-0.25, -0.2) is 4.98 Å². The maximum Gasteiger partial charge on any atom is 0.133 e. The first-order valence-electron chi connectivity index (χ1n) is 4.35. The van der Waals surface area contributed by atoms with Gasteiger partial charge in [0, 0.05) is 36.4 Å². The minimum absolute atomic E-state index is 0.489. The van der Waals surface area contributed by atoms with Crippen LogP contribution < -0.4 is 10.6 Å². The second-order valence-electron chi connectivity index (χ2n) is 3.01. The van der Waals surface area contributed by atoms with E-state index in [1.54, 1.807) is 6.20 Å². The molecule has 0 unspecified atom stereocenters. The van der Waals surface area contributed by atoms with E-state index in [0.717, 1.165) is 22.4 Å². The molecule has 2 N–H and O–H groups in total. The van der Waals surface area contributed by atoms with Gasteiger partial charge in [-0.15, -0.1) is 6.58 Å². The van der Waals surface area contributed by atoms with E-state index in [1.165, 1.54) is 0 Å². The third-order valence-corrected chi connectivity index (χ3v) is 2.33. The molecule has 0 aliphatic carbocycles. The van der Waals surface area contributed by atoms with Crippen molar-refractivity contribution < 1.29 is 0 Å². The molecule has 0 saturated heterocycles. The predicted octanol–water partition coefficient (Wildman–Crippen LogP) is 1.93. The van der Waals surface area contributed by atoms with Gasteiger partial charge in [0.1, 0.15) is 5.82 Å². The summed E-state index contributed by atoms with van der Waals surface area (Å²) in [7, 11) is 1.97. The molecule has 0 saturated carbocycles. The average Bonchev–Trinajstić information content (AvgIpc) is 2.17. The zero-order valence-electron chi connectivity index (χ0n) is 8.20. The maximum absolute atomic E-state index is 5.64. The van der Waals surface area contributed by atoms with Gasteiger partial charge in [-0.3, -0.25) is 0 Å². The van der Waals surface area contributed by atoms with E-state index >= 15 is 0 Å². The Morgan fingerprint density at radius 3 is 3.00 bits per heavy atom. The van der Waals surface area contributed by atoms with Gasteiger partial charge in [0.2, 0.25) is 0 Å². The fraction of sp³-hybridized carbons (Fsp3) is 0.300. The molecular formula is C10H14BrN3. The van der Waals surface area contributed by atoms with Crippen LogP contribution in [0.5, 0.6) is 0 Å². The third kappa shape index (κ3) is 2.56. The number of hydrogen-bond donors (Lipinski definition) is 1.